The van der Waals surface area contributed by atoms with Crippen LogP contribution in [0.25, 0.3) is 0 Å². The number of carbonyl (C=O) groups excluding carboxylic acids is 1. The van der Waals surface area contributed by atoms with Crippen molar-refractivity contribution in [1.29, 1.82) is 0 Å². The van der Waals surface area contributed by atoms with Crippen LogP contribution in [0.3, 0.4) is 0 Å². The molecule has 110 valence electrons. The van der Waals surface area contributed by atoms with Crippen LogP contribution in [0.5, 0.6) is 0 Å². The first-order chi connectivity index (χ1) is 9.22. The molecule has 1 amide bonds. The predicted octanol–water partition coefficient (Wildman–Crippen LogP) is 1.32. The molecule has 19 heavy (non-hydrogen) atoms. The molecule has 0 bridgehead atoms. The summed E-state index contributed by atoms with van der Waals surface area (Å²) in [6, 6.07) is 0.0636. The molecule has 0 saturated carbocycles. The molecule has 2 saturated heterocycles. The number of amides is 1. The summed E-state index contributed by atoms with van der Waals surface area (Å²) < 4.78 is 0. The zero-order valence-corrected chi connectivity index (χ0v) is 12.5. The summed E-state index contributed by atoms with van der Waals surface area (Å²) in [5.41, 5.74) is 0. The van der Waals surface area contributed by atoms with E-state index in [1.165, 1.54) is 25.7 Å². The normalized spacial score (nSPS) is 27.9. The highest BCUT2D eigenvalue weighted by Crippen LogP contribution is 2.21. The molecule has 4 heteroatoms. The molecule has 0 aliphatic carbocycles. The fourth-order valence-electron chi connectivity index (χ4n) is 3.29. The molecule has 2 unspecified atom stereocenters. The first kappa shape index (κ1) is 14.8. The summed E-state index contributed by atoms with van der Waals surface area (Å²) in [6.07, 6.45) is 5.13. The number of nitrogens with one attached hydrogen (secondary N) is 1. The fourth-order valence-corrected chi connectivity index (χ4v) is 3.29. The van der Waals surface area contributed by atoms with Gasteiger partial charge in [-0.05, 0) is 45.2 Å². The van der Waals surface area contributed by atoms with Crippen LogP contribution in [0.1, 0.15) is 39.5 Å². The van der Waals surface area contributed by atoms with Gasteiger partial charge in [0.05, 0.1) is 6.04 Å². The largest absolute Gasteiger partial charge is 0.339 e. The zero-order valence-electron chi connectivity index (χ0n) is 12.5. The lowest BCUT2D eigenvalue weighted by molar-refractivity contribution is -0.137. The van der Waals surface area contributed by atoms with Crippen molar-refractivity contribution < 1.29 is 4.79 Å². The van der Waals surface area contributed by atoms with Crippen molar-refractivity contribution in [2.45, 2.75) is 45.6 Å². The SMILES string of the molecule is CCC1CCCN(C(C)C(=O)N2CCNCC2)CC1. The highest BCUT2D eigenvalue weighted by molar-refractivity contribution is 5.81. The molecule has 0 aromatic heterocycles. The molecular formula is C15H29N3O. The quantitative estimate of drug-likeness (QED) is 0.838. The van der Waals surface area contributed by atoms with Gasteiger partial charge in [0, 0.05) is 26.2 Å². The third-order valence-corrected chi connectivity index (χ3v) is 4.79. The van der Waals surface area contributed by atoms with E-state index in [1.54, 1.807) is 0 Å². The number of likely N-dealkylation sites (tertiary alicyclic amines) is 1. The van der Waals surface area contributed by atoms with E-state index in [0.717, 1.165) is 45.2 Å². The van der Waals surface area contributed by atoms with Crippen molar-refractivity contribution in [1.82, 2.24) is 15.1 Å². The van der Waals surface area contributed by atoms with Crippen LogP contribution in [0.4, 0.5) is 0 Å². The Hall–Kier alpha value is -0.610. The van der Waals surface area contributed by atoms with Crippen LogP contribution in [0, 0.1) is 5.92 Å². The van der Waals surface area contributed by atoms with Gasteiger partial charge < -0.3 is 10.2 Å². The van der Waals surface area contributed by atoms with Crippen molar-refractivity contribution in [2.24, 2.45) is 5.92 Å². The number of carbonyl (C=O) groups is 1. The molecule has 0 radical (unpaired) electrons. The summed E-state index contributed by atoms with van der Waals surface area (Å²) in [6.45, 7) is 10.2. The minimum atomic E-state index is 0.0636. The van der Waals surface area contributed by atoms with E-state index in [2.05, 4.69) is 24.1 Å². The number of hydrogen-bond donors (Lipinski definition) is 1. The van der Waals surface area contributed by atoms with Gasteiger partial charge in [-0.2, -0.15) is 0 Å². The molecule has 0 aromatic rings. The van der Waals surface area contributed by atoms with Crippen molar-refractivity contribution >= 4 is 5.91 Å². The van der Waals surface area contributed by atoms with Crippen LogP contribution in [0.2, 0.25) is 0 Å². The van der Waals surface area contributed by atoms with E-state index < -0.39 is 0 Å². The lowest BCUT2D eigenvalue weighted by atomic mass is 9.98. The third-order valence-electron chi connectivity index (χ3n) is 4.79. The Morgan fingerprint density at radius 2 is 1.95 bits per heavy atom. The van der Waals surface area contributed by atoms with Crippen LogP contribution in [0.15, 0.2) is 0 Å². The Labute approximate surface area is 117 Å². The van der Waals surface area contributed by atoms with Gasteiger partial charge in [0.2, 0.25) is 5.91 Å². The monoisotopic (exact) mass is 267 g/mol. The lowest BCUT2D eigenvalue weighted by Crippen LogP contribution is -2.53. The predicted molar refractivity (Wildman–Crippen MR) is 78.1 cm³/mol. The summed E-state index contributed by atoms with van der Waals surface area (Å²) in [4.78, 5) is 17.0. The molecule has 1 N–H and O–H groups in total. The van der Waals surface area contributed by atoms with Crippen LogP contribution in [-0.4, -0.2) is 61.0 Å². The van der Waals surface area contributed by atoms with Crippen molar-refractivity contribution in [3.05, 3.63) is 0 Å². The summed E-state index contributed by atoms with van der Waals surface area (Å²) in [5.74, 6) is 1.20. The number of nitrogens with zero attached hydrogens (tertiary/aromatic N) is 2. The third kappa shape index (κ3) is 3.93. The molecule has 4 nitrogen and oxygen atoms in total. The molecule has 2 aliphatic rings. The summed E-state index contributed by atoms with van der Waals surface area (Å²) >= 11 is 0. The average molecular weight is 267 g/mol. The number of hydrogen-bond acceptors (Lipinski definition) is 3. The van der Waals surface area contributed by atoms with Gasteiger partial charge in [-0.1, -0.05) is 13.3 Å². The molecule has 2 heterocycles. The van der Waals surface area contributed by atoms with Gasteiger partial charge in [0.15, 0.2) is 0 Å². The van der Waals surface area contributed by atoms with Gasteiger partial charge in [-0.3, -0.25) is 9.69 Å². The first-order valence-corrected chi connectivity index (χ1v) is 7.96. The highest BCUT2D eigenvalue weighted by atomic mass is 16.2. The van der Waals surface area contributed by atoms with Crippen LogP contribution >= 0.6 is 0 Å². The van der Waals surface area contributed by atoms with E-state index in [-0.39, 0.29) is 6.04 Å². The minimum absolute atomic E-state index is 0.0636. The molecule has 0 spiro atoms. The molecule has 2 rings (SSSR count). The van der Waals surface area contributed by atoms with Crippen molar-refractivity contribution in [3.63, 3.8) is 0 Å². The maximum Gasteiger partial charge on any atom is 0.239 e. The van der Waals surface area contributed by atoms with E-state index in [0.29, 0.717) is 5.91 Å². The van der Waals surface area contributed by atoms with E-state index in [4.69, 9.17) is 0 Å². The minimum Gasteiger partial charge on any atom is -0.339 e. The topological polar surface area (TPSA) is 35.6 Å². The Bertz CT molecular complexity index is 289. The Kier molecular flexibility index (Phi) is 5.64. The van der Waals surface area contributed by atoms with E-state index in [9.17, 15) is 4.79 Å². The Morgan fingerprint density at radius 1 is 1.21 bits per heavy atom. The molecule has 0 aromatic carbocycles. The van der Waals surface area contributed by atoms with Gasteiger partial charge in [-0.25, -0.2) is 0 Å². The van der Waals surface area contributed by atoms with E-state index >= 15 is 0 Å². The second-order valence-corrected chi connectivity index (χ2v) is 5.99. The average Bonchev–Trinajstić information content (AvgIpc) is 2.72. The van der Waals surface area contributed by atoms with Gasteiger partial charge >= 0.3 is 0 Å². The van der Waals surface area contributed by atoms with Crippen LogP contribution in [-0.2, 0) is 4.79 Å². The molecule has 2 atom stereocenters. The maximum atomic E-state index is 12.5. The first-order valence-electron chi connectivity index (χ1n) is 7.96. The zero-order chi connectivity index (χ0) is 13.7. The highest BCUT2D eigenvalue weighted by Gasteiger charge is 2.28. The lowest BCUT2D eigenvalue weighted by Gasteiger charge is -2.34. The second kappa shape index (κ2) is 7.25. The summed E-state index contributed by atoms with van der Waals surface area (Å²) in [5, 5.41) is 3.30. The van der Waals surface area contributed by atoms with Gasteiger partial charge in [0.25, 0.3) is 0 Å². The van der Waals surface area contributed by atoms with Crippen molar-refractivity contribution in [2.75, 3.05) is 39.3 Å². The van der Waals surface area contributed by atoms with Gasteiger partial charge in [0.1, 0.15) is 0 Å². The molecular weight excluding hydrogens is 238 g/mol. The number of piperazine rings is 1. The molecule has 2 aliphatic heterocycles. The Balaban J connectivity index is 1.87. The fraction of sp³-hybridized carbons (Fsp3) is 0.933. The van der Waals surface area contributed by atoms with Crippen LogP contribution < -0.4 is 5.32 Å². The standard InChI is InChI=1S/C15H29N3O/c1-3-14-5-4-9-17(10-6-14)13(2)15(19)18-11-7-16-8-12-18/h13-14,16H,3-12H2,1-2H3. The Morgan fingerprint density at radius 3 is 2.63 bits per heavy atom. The number of rotatable bonds is 3. The second-order valence-electron chi connectivity index (χ2n) is 5.99. The maximum absolute atomic E-state index is 12.5. The van der Waals surface area contributed by atoms with Crippen molar-refractivity contribution in [3.8, 4) is 0 Å². The van der Waals surface area contributed by atoms with Gasteiger partial charge in [-0.15, -0.1) is 0 Å². The van der Waals surface area contributed by atoms with E-state index in [1.807, 2.05) is 4.90 Å². The smallest absolute Gasteiger partial charge is 0.239 e. The molecule has 2 fully saturated rings. The summed E-state index contributed by atoms with van der Waals surface area (Å²) in [7, 11) is 0.